The predicted octanol–water partition coefficient (Wildman–Crippen LogP) is 4.65. The maximum Gasteiger partial charge on any atom is 0.282 e. The second-order valence-corrected chi connectivity index (χ2v) is 6.43. The summed E-state index contributed by atoms with van der Waals surface area (Å²) in [6.07, 6.45) is 6.90. The molecule has 4 nitrogen and oxygen atoms in total. The molecule has 0 N–H and O–H groups in total. The second kappa shape index (κ2) is 6.48. The highest BCUT2D eigenvalue weighted by Gasteiger charge is 2.12. The molecule has 0 aliphatic rings. The number of aromatic nitrogens is 3. The molecule has 0 amide bonds. The van der Waals surface area contributed by atoms with Gasteiger partial charge in [0.15, 0.2) is 0 Å². The van der Waals surface area contributed by atoms with Gasteiger partial charge in [-0.05, 0) is 54.8 Å². The first-order valence-electron chi connectivity index (χ1n) is 8.51. The van der Waals surface area contributed by atoms with Gasteiger partial charge in [-0.15, -0.1) is 0 Å². The van der Waals surface area contributed by atoms with E-state index in [2.05, 4.69) is 49.2 Å². The smallest absolute Gasteiger partial charge is 0.282 e. The molecule has 4 aromatic rings. The van der Waals surface area contributed by atoms with Crippen molar-refractivity contribution in [3.63, 3.8) is 0 Å². The second-order valence-electron chi connectivity index (χ2n) is 6.43. The summed E-state index contributed by atoms with van der Waals surface area (Å²) in [5, 5.41) is 0. The molecule has 128 valence electrons. The van der Waals surface area contributed by atoms with E-state index in [0.717, 1.165) is 11.3 Å². The third kappa shape index (κ3) is 2.97. The van der Waals surface area contributed by atoms with Crippen LogP contribution in [0, 0.1) is 13.8 Å². The van der Waals surface area contributed by atoms with E-state index in [0.29, 0.717) is 5.69 Å². The summed E-state index contributed by atoms with van der Waals surface area (Å²) >= 11 is 0. The molecule has 0 fully saturated rings. The van der Waals surface area contributed by atoms with Crippen LogP contribution in [0.5, 0.6) is 0 Å². The molecule has 0 aliphatic carbocycles. The lowest BCUT2D eigenvalue weighted by atomic mass is 9.98. The number of hydrogen-bond acceptors (Lipinski definition) is 2. The van der Waals surface area contributed by atoms with Crippen LogP contribution in [0.25, 0.3) is 16.8 Å². The van der Waals surface area contributed by atoms with Crippen molar-refractivity contribution in [2.45, 2.75) is 13.8 Å². The SMILES string of the molecule is Cc1ccc(C)c(-c2cccc(-n3cnc(C(=O)n4cccc4)c3)c2)c1. The number of aryl methyl sites for hydroxylation is 2. The van der Waals surface area contributed by atoms with Gasteiger partial charge in [-0.25, -0.2) is 4.98 Å². The van der Waals surface area contributed by atoms with Gasteiger partial charge in [0.2, 0.25) is 0 Å². The summed E-state index contributed by atoms with van der Waals surface area (Å²) in [5.74, 6) is -0.139. The molecule has 0 bridgehead atoms. The Kier molecular flexibility index (Phi) is 4.01. The van der Waals surface area contributed by atoms with Crippen LogP contribution in [-0.2, 0) is 0 Å². The minimum atomic E-state index is -0.139. The molecule has 0 unspecified atom stereocenters. The van der Waals surface area contributed by atoms with Gasteiger partial charge in [-0.1, -0.05) is 35.9 Å². The molecule has 2 aromatic heterocycles. The van der Waals surface area contributed by atoms with Crippen molar-refractivity contribution in [3.05, 3.63) is 96.3 Å². The zero-order valence-corrected chi connectivity index (χ0v) is 14.8. The van der Waals surface area contributed by atoms with E-state index in [-0.39, 0.29) is 5.91 Å². The minimum absolute atomic E-state index is 0.139. The third-order valence-corrected chi connectivity index (χ3v) is 4.49. The Labute approximate surface area is 152 Å². The molecule has 0 aliphatic heterocycles. The number of carbonyl (C=O) groups excluding carboxylic acids is 1. The fraction of sp³-hybridized carbons (Fsp3) is 0.0909. The van der Waals surface area contributed by atoms with E-state index in [4.69, 9.17) is 0 Å². The molecular formula is C22H19N3O. The van der Waals surface area contributed by atoms with Gasteiger partial charge in [0, 0.05) is 24.3 Å². The summed E-state index contributed by atoms with van der Waals surface area (Å²) < 4.78 is 3.41. The highest BCUT2D eigenvalue weighted by atomic mass is 16.2. The normalized spacial score (nSPS) is 10.8. The van der Waals surface area contributed by atoms with E-state index >= 15 is 0 Å². The lowest BCUT2D eigenvalue weighted by molar-refractivity contribution is 0.0956. The number of nitrogens with zero attached hydrogens (tertiary/aromatic N) is 3. The number of benzene rings is 2. The van der Waals surface area contributed by atoms with Crippen molar-refractivity contribution in [1.29, 1.82) is 0 Å². The van der Waals surface area contributed by atoms with Gasteiger partial charge in [-0.2, -0.15) is 0 Å². The Morgan fingerprint density at radius 1 is 0.962 bits per heavy atom. The first-order valence-corrected chi connectivity index (χ1v) is 8.51. The standard InChI is InChI=1S/C22H19N3O/c1-16-8-9-17(2)20(12-16)18-6-5-7-19(13-18)25-14-21(23-15-25)22(26)24-10-3-4-11-24/h3-15H,1-2H3. The van der Waals surface area contributed by atoms with Crippen LogP contribution >= 0.6 is 0 Å². The molecule has 0 saturated heterocycles. The molecule has 0 spiro atoms. The molecule has 2 aromatic carbocycles. The highest BCUT2D eigenvalue weighted by molar-refractivity contribution is 5.94. The Hall–Kier alpha value is -3.40. The van der Waals surface area contributed by atoms with Gasteiger partial charge in [-0.3, -0.25) is 9.36 Å². The Morgan fingerprint density at radius 3 is 2.58 bits per heavy atom. The summed E-state index contributed by atoms with van der Waals surface area (Å²) in [6, 6.07) is 18.4. The van der Waals surface area contributed by atoms with E-state index in [1.54, 1.807) is 24.9 Å². The molecule has 2 heterocycles. The largest absolute Gasteiger partial charge is 0.305 e. The van der Waals surface area contributed by atoms with E-state index in [1.165, 1.54) is 21.3 Å². The zero-order valence-electron chi connectivity index (χ0n) is 14.8. The van der Waals surface area contributed by atoms with Gasteiger partial charge < -0.3 is 4.57 Å². The van der Waals surface area contributed by atoms with Crippen molar-refractivity contribution >= 4 is 5.91 Å². The van der Waals surface area contributed by atoms with E-state index in [9.17, 15) is 4.79 Å². The fourth-order valence-corrected chi connectivity index (χ4v) is 3.06. The van der Waals surface area contributed by atoms with Gasteiger partial charge in [0.05, 0.1) is 0 Å². The number of rotatable bonds is 3. The van der Waals surface area contributed by atoms with Crippen molar-refractivity contribution in [1.82, 2.24) is 14.1 Å². The van der Waals surface area contributed by atoms with Crippen LogP contribution in [0.1, 0.15) is 21.6 Å². The molecule has 4 rings (SSSR count). The number of hydrogen-bond donors (Lipinski definition) is 0. The fourth-order valence-electron chi connectivity index (χ4n) is 3.06. The third-order valence-electron chi connectivity index (χ3n) is 4.49. The van der Waals surface area contributed by atoms with Gasteiger partial charge in [0.25, 0.3) is 5.91 Å². The van der Waals surface area contributed by atoms with Crippen LogP contribution in [0.4, 0.5) is 0 Å². The summed E-state index contributed by atoms with van der Waals surface area (Å²) in [7, 11) is 0. The Balaban J connectivity index is 1.69. The Morgan fingerprint density at radius 2 is 1.77 bits per heavy atom. The van der Waals surface area contributed by atoms with Crippen molar-refractivity contribution in [3.8, 4) is 16.8 Å². The van der Waals surface area contributed by atoms with Crippen LogP contribution in [0.3, 0.4) is 0 Å². The summed E-state index contributed by atoms with van der Waals surface area (Å²) in [5.41, 5.74) is 6.23. The Bertz CT molecular complexity index is 1070. The molecule has 4 heteroatoms. The molecular weight excluding hydrogens is 322 g/mol. The van der Waals surface area contributed by atoms with Crippen LogP contribution in [-0.4, -0.2) is 20.0 Å². The monoisotopic (exact) mass is 341 g/mol. The maximum atomic E-state index is 12.4. The van der Waals surface area contributed by atoms with Crippen molar-refractivity contribution in [2.24, 2.45) is 0 Å². The molecule has 0 atom stereocenters. The van der Waals surface area contributed by atoms with Gasteiger partial charge in [0.1, 0.15) is 12.0 Å². The zero-order chi connectivity index (χ0) is 18.1. The highest BCUT2D eigenvalue weighted by Crippen LogP contribution is 2.26. The van der Waals surface area contributed by atoms with Crippen LogP contribution < -0.4 is 0 Å². The lowest BCUT2D eigenvalue weighted by Gasteiger charge is -2.10. The van der Waals surface area contributed by atoms with E-state index in [1.807, 2.05) is 28.8 Å². The maximum absolute atomic E-state index is 12.4. The lowest BCUT2D eigenvalue weighted by Crippen LogP contribution is -2.09. The predicted molar refractivity (Wildman–Crippen MR) is 103 cm³/mol. The first kappa shape index (κ1) is 16.1. The van der Waals surface area contributed by atoms with Crippen LogP contribution in [0.2, 0.25) is 0 Å². The van der Waals surface area contributed by atoms with Crippen LogP contribution in [0.15, 0.2) is 79.5 Å². The van der Waals surface area contributed by atoms with E-state index < -0.39 is 0 Å². The average molecular weight is 341 g/mol. The number of imidazole rings is 1. The summed E-state index contributed by atoms with van der Waals surface area (Å²) in [6.45, 7) is 4.22. The summed E-state index contributed by atoms with van der Waals surface area (Å²) in [4.78, 5) is 16.7. The minimum Gasteiger partial charge on any atom is -0.305 e. The average Bonchev–Trinajstić information content (AvgIpc) is 3.35. The first-order chi connectivity index (χ1) is 12.6. The topological polar surface area (TPSA) is 39.8 Å². The van der Waals surface area contributed by atoms with Crippen molar-refractivity contribution in [2.75, 3.05) is 0 Å². The van der Waals surface area contributed by atoms with Gasteiger partial charge >= 0.3 is 0 Å². The molecule has 26 heavy (non-hydrogen) atoms. The quantitative estimate of drug-likeness (QED) is 0.544. The number of carbonyl (C=O) groups is 1. The van der Waals surface area contributed by atoms with Crippen molar-refractivity contribution < 1.29 is 4.79 Å². The molecule has 0 radical (unpaired) electrons. The molecule has 0 saturated carbocycles.